The molecule has 0 amide bonds. The minimum Gasteiger partial charge on any atom is -0.299 e. The van der Waals surface area contributed by atoms with Crippen LogP contribution in [-0.4, -0.2) is 24.7 Å². The number of aromatic nitrogens is 5. The van der Waals surface area contributed by atoms with Crippen molar-refractivity contribution >= 4 is 28.6 Å². The average Bonchev–Trinajstić information content (AvgIpc) is 3.35. The first-order chi connectivity index (χ1) is 13.0. The highest BCUT2D eigenvalue weighted by Crippen LogP contribution is 2.33. The Hall–Kier alpha value is -3.22. The smallest absolute Gasteiger partial charge is 0.299 e. The van der Waals surface area contributed by atoms with Gasteiger partial charge < -0.3 is 0 Å². The Morgan fingerprint density at radius 3 is 2.56 bits per heavy atom. The first-order valence-corrected chi connectivity index (χ1v) is 9.17. The molecule has 7 heteroatoms. The second kappa shape index (κ2) is 5.39. The maximum absolute atomic E-state index is 4.84. The fraction of sp³-hybridized carbons (Fsp3) is 0.300. The van der Waals surface area contributed by atoms with E-state index < -0.39 is 0 Å². The monoisotopic (exact) mass is 362 g/mol. The topological polar surface area (TPSA) is 37.5 Å². The number of hydrogen-bond acceptors (Lipinski definition) is 3. The summed E-state index contributed by atoms with van der Waals surface area (Å²) in [6.07, 6.45) is 8.61. The van der Waals surface area contributed by atoms with Gasteiger partial charge in [-0.15, -0.1) is 0 Å². The summed E-state index contributed by atoms with van der Waals surface area (Å²) in [5, 5.41) is 0. The van der Waals surface area contributed by atoms with Crippen LogP contribution < -0.4 is 14.4 Å². The van der Waals surface area contributed by atoms with E-state index in [4.69, 9.17) is 4.98 Å². The van der Waals surface area contributed by atoms with E-state index in [-0.39, 0.29) is 6.17 Å². The second-order valence-corrected chi connectivity index (χ2v) is 7.27. The van der Waals surface area contributed by atoms with Gasteiger partial charge in [0.2, 0.25) is 5.78 Å². The van der Waals surface area contributed by atoms with E-state index in [1.54, 1.807) is 0 Å². The zero-order valence-electron chi connectivity index (χ0n) is 16.3. The zero-order chi connectivity index (χ0) is 18.9. The summed E-state index contributed by atoms with van der Waals surface area (Å²) in [4.78, 5) is 9.44. The van der Waals surface area contributed by atoms with Crippen LogP contribution in [0.2, 0.25) is 0 Å². The SMILES string of the molecule is Cc1c(N2C=CN(c3n(C)cc[n+]3C)[C@@H]2C)n(C)c2nc3ccccc3n12. The van der Waals surface area contributed by atoms with Crippen molar-refractivity contribution in [2.75, 3.05) is 9.80 Å². The van der Waals surface area contributed by atoms with Gasteiger partial charge in [-0.1, -0.05) is 12.1 Å². The van der Waals surface area contributed by atoms with Crippen LogP contribution in [0.15, 0.2) is 49.1 Å². The third-order valence-electron chi connectivity index (χ3n) is 5.63. The number of benzene rings is 1. The van der Waals surface area contributed by atoms with Crippen molar-refractivity contribution < 1.29 is 4.57 Å². The molecule has 0 N–H and O–H groups in total. The number of hydrogen-bond donors (Lipinski definition) is 0. The number of aryl methyl sites for hydroxylation is 4. The molecular formula is C20H24N7+. The van der Waals surface area contributed by atoms with E-state index in [0.717, 1.165) is 28.6 Å². The van der Waals surface area contributed by atoms with Crippen LogP contribution in [0.1, 0.15) is 12.6 Å². The fourth-order valence-electron chi connectivity index (χ4n) is 4.32. The highest BCUT2D eigenvalue weighted by atomic mass is 15.5. The highest BCUT2D eigenvalue weighted by Gasteiger charge is 2.36. The van der Waals surface area contributed by atoms with Crippen molar-refractivity contribution in [3.63, 3.8) is 0 Å². The Kier molecular flexibility index (Phi) is 3.19. The molecule has 0 saturated carbocycles. The molecule has 0 radical (unpaired) electrons. The lowest BCUT2D eigenvalue weighted by atomic mass is 10.3. The Bertz CT molecular complexity index is 1190. The van der Waals surface area contributed by atoms with E-state index >= 15 is 0 Å². The third kappa shape index (κ3) is 2.02. The molecule has 4 aromatic rings. The van der Waals surface area contributed by atoms with Crippen LogP contribution in [0.25, 0.3) is 16.8 Å². The normalized spacial score (nSPS) is 17.1. The number of rotatable bonds is 2. The van der Waals surface area contributed by atoms with E-state index in [1.807, 2.05) is 6.07 Å². The van der Waals surface area contributed by atoms with E-state index in [0.29, 0.717) is 0 Å². The molecule has 1 aromatic carbocycles. The summed E-state index contributed by atoms with van der Waals surface area (Å²) in [7, 11) is 6.24. The molecule has 3 aromatic heterocycles. The summed E-state index contributed by atoms with van der Waals surface area (Å²) in [5.74, 6) is 3.27. The molecule has 0 unspecified atom stereocenters. The lowest BCUT2D eigenvalue weighted by Crippen LogP contribution is -2.44. The van der Waals surface area contributed by atoms with Gasteiger partial charge in [-0.2, -0.15) is 0 Å². The molecule has 0 fully saturated rings. The molecule has 0 bridgehead atoms. The van der Waals surface area contributed by atoms with Crippen LogP contribution in [0.4, 0.5) is 11.8 Å². The quantitative estimate of drug-likeness (QED) is 0.514. The Balaban J connectivity index is 1.63. The van der Waals surface area contributed by atoms with Crippen molar-refractivity contribution in [1.29, 1.82) is 0 Å². The first kappa shape index (κ1) is 16.0. The van der Waals surface area contributed by atoms with Gasteiger partial charge in [-0.05, 0) is 26.0 Å². The maximum atomic E-state index is 4.84. The van der Waals surface area contributed by atoms with E-state index in [9.17, 15) is 0 Å². The molecule has 5 rings (SSSR count). The van der Waals surface area contributed by atoms with Gasteiger partial charge in [0.25, 0.3) is 0 Å². The summed E-state index contributed by atoms with van der Waals surface area (Å²) in [6, 6.07) is 8.30. The second-order valence-electron chi connectivity index (χ2n) is 7.27. The number of para-hydroxylation sites is 2. The van der Waals surface area contributed by atoms with Crippen molar-refractivity contribution in [3.05, 3.63) is 54.8 Å². The van der Waals surface area contributed by atoms with Gasteiger partial charge in [0.05, 0.1) is 49.4 Å². The summed E-state index contributed by atoms with van der Waals surface area (Å²) >= 11 is 0. The number of nitrogens with zero attached hydrogens (tertiary/aromatic N) is 7. The minimum absolute atomic E-state index is 0.160. The van der Waals surface area contributed by atoms with Crippen LogP contribution in [0, 0.1) is 6.92 Å². The van der Waals surface area contributed by atoms with Crippen LogP contribution >= 0.6 is 0 Å². The number of imidazole rings is 3. The van der Waals surface area contributed by atoms with E-state index in [1.165, 1.54) is 5.69 Å². The lowest BCUT2D eigenvalue weighted by molar-refractivity contribution is -0.657. The average molecular weight is 362 g/mol. The number of fused-ring (bicyclic) bond motifs is 3. The molecule has 27 heavy (non-hydrogen) atoms. The molecule has 0 spiro atoms. The fourth-order valence-corrected chi connectivity index (χ4v) is 4.32. The highest BCUT2D eigenvalue weighted by molar-refractivity contribution is 5.82. The summed E-state index contributed by atoms with van der Waals surface area (Å²) in [5.41, 5.74) is 3.37. The van der Waals surface area contributed by atoms with Crippen molar-refractivity contribution in [3.8, 4) is 0 Å². The van der Waals surface area contributed by atoms with Crippen molar-refractivity contribution in [2.24, 2.45) is 21.1 Å². The van der Waals surface area contributed by atoms with Crippen LogP contribution in [-0.2, 0) is 21.1 Å². The molecule has 1 aliphatic rings. The molecule has 1 atom stereocenters. The molecule has 4 heterocycles. The van der Waals surface area contributed by atoms with Crippen molar-refractivity contribution in [1.82, 2.24) is 18.5 Å². The predicted molar refractivity (Wildman–Crippen MR) is 107 cm³/mol. The lowest BCUT2D eigenvalue weighted by Gasteiger charge is -2.26. The van der Waals surface area contributed by atoms with Crippen LogP contribution in [0.5, 0.6) is 0 Å². The van der Waals surface area contributed by atoms with Gasteiger partial charge in [0.15, 0.2) is 6.17 Å². The largest absolute Gasteiger partial charge is 0.365 e. The Morgan fingerprint density at radius 1 is 1.07 bits per heavy atom. The van der Waals surface area contributed by atoms with Gasteiger partial charge in [-0.3, -0.25) is 13.9 Å². The summed E-state index contributed by atoms with van der Waals surface area (Å²) < 4.78 is 8.71. The first-order valence-electron chi connectivity index (χ1n) is 9.17. The standard InChI is InChI=1S/C20H24N7/c1-14-18(24(5)19-21-16-8-6-7-9-17(16)27(14)19)25-12-13-26(15(25)2)20-22(3)10-11-23(20)4/h6-13,15H,1-5H3/q+1/t15-/m1/s1. The zero-order valence-corrected chi connectivity index (χ0v) is 16.3. The molecule has 0 saturated heterocycles. The molecular weight excluding hydrogens is 338 g/mol. The Morgan fingerprint density at radius 2 is 1.81 bits per heavy atom. The molecule has 7 nitrogen and oxygen atoms in total. The molecule has 0 aliphatic carbocycles. The summed E-state index contributed by atoms with van der Waals surface area (Å²) in [6.45, 7) is 4.39. The van der Waals surface area contributed by atoms with Crippen LogP contribution in [0.3, 0.4) is 0 Å². The van der Waals surface area contributed by atoms with Gasteiger partial charge in [0.1, 0.15) is 5.82 Å². The number of anilines is 2. The van der Waals surface area contributed by atoms with Gasteiger partial charge in [0, 0.05) is 13.2 Å². The molecule has 138 valence electrons. The Labute approximate surface area is 158 Å². The third-order valence-corrected chi connectivity index (χ3v) is 5.63. The predicted octanol–water partition coefficient (Wildman–Crippen LogP) is 2.44. The molecule has 1 aliphatic heterocycles. The van der Waals surface area contributed by atoms with Crippen molar-refractivity contribution in [2.45, 2.75) is 20.0 Å². The van der Waals surface area contributed by atoms with Gasteiger partial charge in [-0.25, -0.2) is 19.0 Å². The van der Waals surface area contributed by atoms with E-state index in [2.05, 4.69) is 106 Å². The maximum Gasteiger partial charge on any atom is 0.365 e. The van der Waals surface area contributed by atoms with Gasteiger partial charge >= 0.3 is 5.95 Å². The minimum atomic E-state index is 0.160.